The molecule has 2 nitrogen and oxygen atoms in total. The first-order valence-electron chi connectivity index (χ1n) is 5.40. The fourth-order valence-electron chi connectivity index (χ4n) is 2.07. The maximum absolute atomic E-state index is 10.2. The highest BCUT2D eigenvalue weighted by atomic mass is 79.9. The van der Waals surface area contributed by atoms with Crippen LogP contribution < -0.4 is 5.32 Å². The van der Waals surface area contributed by atoms with Crippen molar-refractivity contribution >= 4 is 21.6 Å². The third kappa shape index (κ3) is 2.73. The van der Waals surface area contributed by atoms with Crippen molar-refractivity contribution in [2.24, 2.45) is 0 Å². The minimum atomic E-state index is -0.491. The molecule has 0 bridgehead atoms. The van der Waals surface area contributed by atoms with E-state index >= 15 is 0 Å². The molecular formula is C12H16BrNO. The van der Waals surface area contributed by atoms with Crippen molar-refractivity contribution in [3.8, 4) is 0 Å². The van der Waals surface area contributed by atoms with Gasteiger partial charge in [-0.2, -0.15) is 0 Å². The second-order valence-electron chi connectivity index (χ2n) is 4.26. The predicted molar refractivity (Wildman–Crippen MR) is 66.0 cm³/mol. The normalized spacial score (nSPS) is 19.1. The smallest absolute Gasteiger partial charge is 0.0819 e. The molecule has 0 amide bonds. The van der Waals surface area contributed by atoms with E-state index in [1.165, 1.54) is 0 Å². The topological polar surface area (TPSA) is 32.3 Å². The third-order valence-corrected chi connectivity index (χ3v) is 3.71. The molecule has 0 spiro atoms. The largest absolute Gasteiger partial charge is 0.388 e. The van der Waals surface area contributed by atoms with Gasteiger partial charge in [0.25, 0.3) is 0 Å². The van der Waals surface area contributed by atoms with Crippen LogP contribution in [0.25, 0.3) is 0 Å². The van der Waals surface area contributed by atoms with E-state index in [9.17, 15) is 5.11 Å². The third-order valence-electron chi connectivity index (χ3n) is 3.02. The molecule has 0 aromatic heterocycles. The van der Waals surface area contributed by atoms with Gasteiger partial charge >= 0.3 is 0 Å². The molecule has 2 rings (SSSR count). The number of hydrogen-bond acceptors (Lipinski definition) is 2. The molecule has 82 valence electrons. The van der Waals surface area contributed by atoms with E-state index in [0.29, 0.717) is 6.54 Å². The summed E-state index contributed by atoms with van der Waals surface area (Å²) in [6, 6.07) is 7.99. The highest BCUT2D eigenvalue weighted by Crippen LogP contribution is 2.30. The molecule has 1 aromatic rings. The second kappa shape index (κ2) is 4.54. The van der Waals surface area contributed by atoms with Gasteiger partial charge in [-0.05, 0) is 40.9 Å². The maximum Gasteiger partial charge on any atom is 0.0819 e. The van der Waals surface area contributed by atoms with Crippen LogP contribution in [0.15, 0.2) is 28.7 Å². The summed E-state index contributed by atoms with van der Waals surface area (Å²) >= 11 is 3.48. The van der Waals surface area contributed by atoms with Crippen LogP contribution in [0.1, 0.15) is 25.7 Å². The van der Waals surface area contributed by atoms with E-state index in [1.54, 1.807) is 0 Å². The average Bonchev–Trinajstić information content (AvgIpc) is 2.65. The fourth-order valence-corrected chi connectivity index (χ4v) is 2.50. The summed E-state index contributed by atoms with van der Waals surface area (Å²) in [5, 5.41) is 13.5. The van der Waals surface area contributed by atoms with E-state index in [1.807, 2.05) is 24.3 Å². The van der Waals surface area contributed by atoms with Crippen molar-refractivity contribution in [1.29, 1.82) is 0 Å². The molecule has 15 heavy (non-hydrogen) atoms. The number of hydrogen-bond donors (Lipinski definition) is 2. The SMILES string of the molecule is OC1(CNc2ccccc2Br)CCCC1. The summed E-state index contributed by atoms with van der Waals surface area (Å²) in [4.78, 5) is 0. The van der Waals surface area contributed by atoms with Crippen molar-refractivity contribution < 1.29 is 5.11 Å². The van der Waals surface area contributed by atoms with Gasteiger partial charge in [-0.3, -0.25) is 0 Å². The Bertz CT molecular complexity index is 334. The summed E-state index contributed by atoms with van der Waals surface area (Å²) in [5.41, 5.74) is 0.563. The van der Waals surface area contributed by atoms with E-state index in [4.69, 9.17) is 0 Å². The number of nitrogens with one attached hydrogen (secondary N) is 1. The molecule has 0 saturated heterocycles. The van der Waals surface area contributed by atoms with Crippen molar-refractivity contribution in [3.63, 3.8) is 0 Å². The Morgan fingerprint density at radius 2 is 1.93 bits per heavy atom. The zero-order valence-corrected chi connectivity index (χ0v) is 10.3. The van der Waals surface area contributed by atoms with Gasteiger partial charge in [0, 0.05) is 16.7 Å². The summed E-state index contributed by atoms with van der Waals surface area (Å²) in [6.07, 6.45) is 4.14. The molecule has 0 aliphatic heterocycles. The van der Waals surface area contributed by atoms with E-state index < -0.39 is 5.60 Å². The summed E-state index contributed by atoms with van der Waals surface area (Å²) in [7, 11) is 0. The molecule has 1 aliphatic rings. The predicted octanol–water partition coefficient (Wildman–Crippen LogP) is 3.17. The van der Waals surface area contributed by atoms with E-state index in [-0.39, 0.29) is 0 Å². The number of halogens is 1. The molecule has 0 atom stereocenters. The van der Waals surface area contributed by atoms with Crippen molar-refractivity contribution in [1.82, 2.24) is 0 Å². The summed E-state index contributed by atoms with van der Waals surface area (Å²) in [6.45, 7) is 0.648. The Morgan fingerprint density at radius 1 is 1.27 bits per heavy atom. The van der Waals surface area contributed by atoms with Crippen LogP contribution in [0.2, 0.25) is 0 Å². The van der Waals surface area contributed by atoms with Crippen LogP contribution in [0, 0.1) is 0 Å². The fraction of sp³-hybridized carbons (Fsp3) is 0.500. The first kappa shape index (κ1) is 11.0. The van der Waals surface area contributed by atoms with E-state index in [0.717, 1.165) is 35.8 Å². The van der Waals surface area contributed by atoms with Crippen molar-refractivity contribution in [3.05, 3.63) is 28.7 Å². The minimum Gasteiger partial charge on any atom is -0.388 e. The van der Waals surface area contributed by atoms with Crippen molar-refractivity contribution in [2.45, 2.75) is 31.3 Å². The zero-order chi connectivity index (χ0) is 10.7. The Hall–Kier alpha value is -0.540. The number of aliphatic hydroxyl groups is 1. The van der Waals surface area contributed by atoms with Crippen LogP contribution in [0.5, 0.6) is 0 Å². The molecule has 1 aromatic carbocycles. The quantitative estimate of drug-likeness (QED) is 0.884. The molecule has 0 radical (unpaired) electrons. The van der Waals surface area contributed by atoms with Gasteiger partial charge in [-0.25, -0.2) is 0 Å². The lowest BCUT2D eigenvalue weighted by molar-refractivity contribution is 0.0614. The van der Waals surface area contributed by atoms with Gasteiger partial charge in [-0.1, -0.05) is 25.0 Å². The standard InChI is InChI=1S/C12H16BrNO/c13-10-5-1-2-6-11(10)14-9-12(15)7-3-4-8-12/h1-2,5-6,14-15H,3-4,7-9H2. The molecule has 1 saturated carbocycles. The maximum atomic E-state index is 10.2. The highest BCUT2D eigenvalue weighted by molar-refractivity contribution is 9.10. The van der Waals surface area contributed by atoms with Gasteiger partial charge in [0.1, 0.15) is 0 Å². The van der Waals surface area contributed by atoms with E-state index in [2.05, 4.69) is 21.2 Å². The lowest BCUT2D eigenvalue weighted by atomic mass is 10.0. The van der Waals surface area contributed by atoms with Crippen LogP contribution >= 0.6 is 15.9 Å². The van der Waals surface area contributed by atoms with Gasteiger partial charge in [0.15, 0.2) is 0 Å². The van der Waals surface area contributed by atoms with Gasteiger partial charge in [-0.15, -0.1) is 0 Å². The first-order chi connectivity index (χ1) is 7.20. The number of anilines is 1. The Kier molecular flexibility index (Phi) is 3.32. The molecule has 1 fully saturated rings. The average molecular weight is 270 g/mol. The molecule has 3 heteroatoms. The molecule has 2 N–H and O–H groups in total. The monoisotopic (exact) mass is 269 g/mol. The Balaban J connectivity index is 1.95. The van der Waals surface area contributed by atoms with Crippen LogP contribution in [0.3, 0.4) is 0 Å². The van der Waals surface area contributed by atoms with Gasteiger partial charge in [0.2, 0.25) is 0 Å². The van der Waals surface area contributed by atoms with Crippen molar-refractivity contribution in [2.75, 3.05) is 11.9 Å². The lowest BCUT2D eigenvalue weighted by Crippen LogP contribution is -2.33. The summed E-state index contributed by atoms with van der Waals surface area (Å²) in [5.74, 6) is 0. The minimum absolute atomic E-state index is 0.491. The van der Waals surface area contributed by atoms with Crippen LogP contribution in [-0.2, 0) is 0 Å². The number of para-hydroxylation sites is 1. The Morgan fingerprint density at radius 3 is 2.60 bits per heavy atom. The number of benzene rings is 1. The Labute approximate surface area is 98.8 Å². The van der Waals surface area contributed by atoms with Gasteiger partial charge in [0.05, 0.1) is 5.60 Å². The molecule has 0 unspecified atom stereocenters. The molecular weight excluding hydrogens is 254 g/mol. The lowest BCUT2D eigenvalue weighted by Gasteiger charge is -2.23. The second-order valence-corrected chi connectivity index (χ2v) is 5.12. The highest BCUT2D eigenvalue weighted by Gasteiger charge is 2.30. The zero-order valence-electron chi connectivity index (χ0n) is 8.67. The van der Waals surface area contributed by atoms with Crippen LogP contribution in [-0.4, -0.2) is 17.3 Å². The van der Waals surface area contributed by atoms with Crippen LogP contribution in [0.4, 0.5) is 5.69 Å². The number of rotatable bonds is 3. The first-order valence-corrected chi connectivity index (χ1v) is 6.20. The molecule has 1 aliphatic carbocycles. The summed E-state index contributed by atoms with van der Waals surface area (Å²) < 4.78 is 1.05. The molecule has 0 heterocycles. The van der Waals surface area contributed by atoms with Gasteiger partial charge < -0.3 is 10.4 Å².